The fourth-order valence-electron chi connectivity index (χ4n) is 1.67. The Labute approximate surface area is 120 Å². The maximum atomic E-state index is 11.1. The van der Waals surface area contributed by atoms with Crippen LogP contribution in [0.25, 0.3) is 0 Å². The Hall–Kier alpha value is -2.51. The molecular weight excluding hydrogens is 278 g/mol. The van der Waals surface area contributed by atoms with Crippen LogP contribution in [0.4, 0.5) is 0 Å². The van der Waals surface area contributed by atoms with Gasteiger partial charge in [0.15, 0.2) is 0 Å². The largest absolute Gasteiger partial charge is 0.488 e. The number of carbonyl (C=O) groups is 1. The lowest BCUT2D eigenvalue weighted by molar-refractivity contribution is 0.0692. The molecule has 0 bridgehead atoms. The van der Waals surface area contributed by atoms with E-state index >= 15 is 0 Å². The van der Waals surface area contributed by atoms with E-state index in [0.29, 0.717) is 5.56 Å². The first kappa shape index (κ1) is 13.9. The van der Waals surface area contributed by atoms with Crippen LogP contribution in [0.3, 0.4) is 0 Å². The van der Waals surface area contributed by atoms with Gasteiger partial charge >= 0.3 is 5.97 Å². The van der Waals surface area contributed by atoms with Gasteiger partial charge in [-0.05, 0) is 29.8 Å². The molecule has 0 spiro atoms. The Morgan fingerprint density at radius 1 is 1.25 bits per heavy atom. The molecular formula is C15H10ClNO3. The summed E-state index contributed by atoms with van der Waals surface area (Å²) in [5, 5.41) is 17.9. The maximum absolute atomic E-state index is 11.1. The van der Waals surface area contributed by atoms with E-state index in [1.54, 1.807) is 36.4 Å². The van der Waals surface area contributed by atoms with Crippen molar-refractivity contribution in [2.75, 3.05) is 0 Å². The quantitative estimate of drug-likeness (QED) is 0.934. The van der Waals surface area contributed by atoms with Crippen molar-refractivity contribution in [1.82, 2.24) is 0 Å². The molecule has 0 aliphatic heterocycles. The van der Waals surface area contributed by atoms with Crippen molar-refractivity contribution in [3.63, 3.8) is 0 Å². The first-order valence-corrected chi connectivity index (χ1v) is 6.13. The molecule has 0 amide bonds. The van der Waals surface area contributed by atoms with Crippen molar-refractivity contribution in [2.24, 2.45) is 0 Å². The third-order valence-corrected chi connectivity index (χ3v) is 2.98. The zero-order valence-electron chi connectivity index (χ0n) is 10.3. The van der Waals surface area contributed by atoms with E-state index in [4.69, 9.17) is 26.7 Å². The number of nitrogens with zero attached hydrogens (tertiary/aromatic N) is 1. The number of aromatic carboxylic acids is 1. The number of carboxylic acids is 1. The number of rotatable bonds is 4. The minimum absolute atomic E-state index is 0.0530. The number of halogens is 1. The molecule has 0 unspecified atom stereocenters. The van der Waals surface area contributed by atoms with Crippen LogP contribution in [-0.4, -0.2) is 11.1 Å². The monoisotopic (exact) mass is 287 g/mol. The van der Waals surface area contributed by atoms with Gasteiger partial charge in [0, 0.05) is 0 Å². The maximum Gasteiger partial charge on any atom is 0.341 e. The molecule has 0 fully saturated rings. The number of carboxylic acid groups (broad SMARTS) is 1. The number of hydrogen-bond acceptors (Lipinski definition) is 3. The van der Waals surface area contributed by atoms with E-state index in [1.807, 2.05) is 6.07 Å². The van der Waals surface area contributed by atoms with Crippen LogP contribution in [0.15, 0.2) is 42.5 Å². The molecule has 2 aromatic rings. The lowest BCUT2D eigenvalue weighted by Crippen LogP contribution is -2.04. The Morgan fingerprint density at radius 3 is 2.55 bits per heavy atom. The molecule has 0 saturated heterocycles. The van der Waals surface area contributed by atoms with E-state index in [9.17, 15) is 4.79 Å². The molecule has 2 aromatic carbocycles. The van der Waals surface area contributed by atoms with Crippen LogP contribution >= 0.6 is 11.6 Å². The highest BCUT2D eigenvalue weighted by Gasteiger charge is 2.15. The molecule has 20 heavy (non-hydrogen) atoms. The van der Waals surface area contributed by atoms with Gasteiger partial charge in [0.1, 0.15) is 17.9 Å². The number of ether oxygens (including phenoxy) is 1. The highest BCUT2D eigenvalue weighted by Crippen LogP contribution is 2.27. The molecule has 4 nitrogen and oxygen atoms in total. The highest BCUT2D eigenvalue weighted by molar-refractivity contribution is 6.33. The fraction of sp³-hybridized carbons (Fsp3) is 0.0667. The number of nitriles is 1. The van der Waals surface area contributed by atoms with Crippen LogP contribution in [-0.2, 0) is 6.61 Å². The topological polar surface area (TPSA) is 70.3 Å². The smallest absolute Gasteiger partial charge is 0.341 e. The van der Waals surface area contributed by atoms with E-state index in [0.717, 1.165) is 5.56 Å². The second kappa shape index (κ2) is 6.09. The summed E-state index contributed by atoms with van der Waals surface area (Å²) in [5.74, 6) is -0.917. The first-order chi connectivity index (χ1) is 9.61. The average Bonchev–Trinajstić information content (AvgIpc) is 2.45. The molecule has 0 atom stereocenters. The summed E-state index contributed by atoms with van der Waals surface area (Å²) in [5.41, 5.74) is 1.34. The minimum atomic E-state index is -1.13. The van der Waals surface area contributed by atoms with Crippen LogP contribution in [0.2, 0.25) is 5.02 Å². The van der Waals surface area contributed by atoms with Gasteiger partial charge in [-0.2, -0.15) is 5.26 Å². The molecule has 2 rings (SSSR count). The molecule has 0 aliphatic rings. The van der Waals surface area contributed by atoms with Crippen LogP contribution in [0.1, 0.15) is 21.5 Å². The summed E-state index contributed by atoms with van der Waals surface area (Å²) in [6.45, 7) is 0.201. The van der Waals surface area contributed by atoms with E-state index in [1.165, 1.54) is 6.07 Å². The zero-order chi connectivity index (χ0) is 14.5. The standard InChI is InChI=1S/C15H10ClNO3/c16-12-2-1-3-13(14(12)15(18)19)20-9-11-6-4-10(8-17)5-7-11/h1-7H,9H2,(H,18,19). The van der Waals surface area contributed by atoms with Gasteiger partial charge in [0.25, 0.3) is 0 Å². The fourth-order valence-corrected chi connectivity index (χ4v) is 1.92. The minimum Gasteiger partial charge on any atom is -0.488 e. The van der Waals surface area contributed by atoms with Gasteiger partial charge in [0.05, 0.1) is 16.7 Å². The van der Waals surface area contributed by atoms with Crippen molar-refractivity contribution in [3.05, 3.63) is 64.2 Å². The highest BCUT2D eigenvalue weighted by atomic mass is 35.5. The first-order valence-electron chi connectivity index (χ1n) is 5.75. The molecule has 0 aromatic heterocycles. The molecule has 1 N–H and O–H groups in total. The normalized spacial score (nSPS) is 9.80. The lowest BCUT2D eigenvalue weighted by Gasteiger charge is -2.10. The predicted molar refractivity (Wildman–Crippen MR) is 73.9 cm³/mol. The van der Waals surface area contributed by atoms with Gasteiger partial charge in [-0.15, -0.1) is 0 Å². The van der Waals surface area contributed by atoms with E-state index in [2.05, 4.69) is 0 Å². The van der Waals surface area contributed by atoms with Gasteiger partial charge in [-0.3, -0.25) is 0 Å². The summed E-state index contributed by atoms with van der Waals surface area (Å²) in [6, 6.07) is 13.6. The Balaban J connectivity index is 2.16. The predicted octanol–water partition coefficient (Wildman–Crippen LogP) is 3.49. The lowest BCUT2D eigenvalue weighted by atomic mass is 10.1. The van der Waals surface area contributed by atoms with Gasteiger partial charge in [-0.1, -0.05) is 29.8 Å². The van der Waals surface area contributed by atoms with Crippen molar-refractivity contribution < 1.29 is 14.6 Å². The summed E-state index contributed by atoms with van der Waals surface area (Å²) in [6.07, 6.45) is 0. The third-order valence-electron chi connectivity index (χ3n) is 2.67. The van der Waals surface area contributed by atoms with E-state index in [-0.39, 0.29) is 22.9 Å². The van der Waals surface area contributed by atoms with Crippen molar-refractivity contribution in [2.45, 2.75) is 6.61 Å². The molecule has 5 heteroatoms. The Bertz CT molecular complexity index is 675. The van der Waals surface area contributed by atoms with Gasteiger partial charge in [-0.25, -0.2) is 4.79 Å². The van der Waals surface area contributed by atoms with E-state index < -0.39 is 5.97 Å². The number of benzene rings is 2. The zero-order valence-corrected chi connectivity index (χ0v) is 11.1. The number of hydrogen-bond donors (Lipinski definition) is 1. The van der Waals surface area contributed by atoms with Gasteiger partial charge in [0.2, 0.25) is 0 Å². The van der Waals surface area contributed by atoms with Gasteiger partial charge < -0.3 is 9.84 Å². The van der Waals surface area contributed by atoms with Crippen LogP contribution < -0.4 is 4.74 Å². The van der Waals surface area contributed by atoms with Crippen molar-refractivity contribution in [3.8, 4) is 11.8 Å². The third kappa shape index (κ3) is 3.08. The summed E-state index contributed by atoms with van der Waals surface area (Å²) < 4.78 is 5.49. The SMILES string of the molecule is N#Cc1ccc(COc2cccc(Cl)c2C(=O)O)cc1. The molecule has 0 heterocycles. The molecule has 0 saturated carbocycles. The molecule has 0 aliphatic carbocycles. The Kier molecular flexibility index (Phi) is 4.24. The van der Waals surface area contributed by atoms with Crippen LogP contribution in [0.5, 0.6) is 5.75 Å². The Morgan fingerprint density at radius 2 is 1.95 bits per heavy atom. The summed E-state index contributed by atoms with van der Waals surface area (Å²) in [7, 11) is 0. The molecule has 0 radical (unpaired) electrons. The second-order valence-electron chi connectivity index (χ2n) is 4.02. The average molecular weight is 288 g/mol. The summed E-state index contributed by atoms with van der Waals surface area (Å²) >= 11 is 5.85. The van der Waals surface area contributed by atoms with Crippen molar-refractivity contribution in [1.29, 1.82) is 5.26 Å². The summed E-state index contributed by atoms with van der Waals surface area (Å²) in [4.78, 5) is 11.1. The van der Waals surface area contributed by atoms with Crippen LogP contribution in [0, 0.1) is 11.3 Å². The second-order valence-corrected chi connectivity index (χ2v) is 4.42. The molecule has 100 valence electrons. The van der Waals surface area contributed by atoms with Crippen molar-refractivity contribution >= 4 is 17.6 Å².